The predicted octanol–water partition coefficient (Wildman–Crippen LogP) is 4.70. The molecule has 180 valence electrons. The average Bonchev–Trinajstić information content (AvgIpc) is 3.20. The zero-order valence-corrected chi connectivity index (χ0v) is 20.5. The lowest BCUT2D eigenvalue weighted by molar-refractivity contribution is -0.139. The van der Waals surface area contributed by atoms with Crippen molar-refractivity contribution in [2.75, 3.05) is 18.0 Å². The fraction of sp³-hybridized carbons (Fsp3) is 0.259. The molecular formula is C27H23ClN6O2. The molecule has 9 heteroatoms. The first-order chi connectivity index (χ1) is 17.4. The molecule has 0 radical (unpaired) electrons. The molecule has 2 aliphatic rings. The largest absolute Gasteiger partial charge is 0.481 e. The standard InChI is InChI=1S/C27H23ClN6O2/c1-14-21(28)8-7-17-25(16-4-3-5-22-18(16)11-32(2)30-22)31-34(26(14)17)15-6-9-23(29-10-15)33-12-19-20(13-33)24(19)27(35)36/h3-11,19-20,24H,12-13H2,1-2H3,(H,35,36)/t19-,20+,24-. The molecule has 3 aromatic heterocycles. The Labute approximate surface area is 211 Å². The quantitative estimate of drug-likeness (QED) is 0.386. The number of carboxylic acid groups (broad SMARTS) is 1. The van der Waals surface area contributed by atoms with E-state index in [9.17, 15) is 9.90 Å². The highest BCUT2D eigenvalue weighted by Gasteiger charge is 2.60. The summed E-state index contributed by atoms with van der Waals surface area (Å²) in [5.74, 6) is 0.474. The number of aliphatic carboxylic acids is 1. The number of anilines is 1. The Balaban J connectivity index is 1.31. The van der Waals surface area contributed by atoms with E-state index in [4.69, 9.17) is 21.7 Å². The first kappa shape index (κ1) is 21.4. The number of aryl methyl sites for hydroxylation is 2. The zero-order chi connectivity index (χ0) is 24.7. The van der Waals surface area contributed by atoms with Crippen LogP contribution in [-0.4, -0.2) is 48.7 Å². The number of halogens is 1. The molecular weight excluding hydrogens is 476 g/mol. The molecule has 5 aromatic rings. The number of carbonyl (C=O) groups is 1. The summed E-state index contributed by atoms with van der Waals surface area (Å²) >= 11 is 6.55. The molecule has 4 heterocycles. The number of pyridine rings is 1. The number of fused-ring (bicyclic) bond motifs is 3. The Hall–Kier alpha value is -3.91. The number of nitrogens with zero attached hydrogens (tertiary/aromatic N) is 6. The van der Waals surface area contributed by atoms with E-state index in [0.717, 1.165) is 63.2 Å². The molecule has 2 aromatic carbocycles. The number of benzene rings is 2. The van der Waals surface area contributed by atoms with Gasteiger partial charge in [-0.25, -0.2) is 9.67 Å². The molecule has 0 spiro atoms. The van der Waals surface area contributed by atoms with Crippen LogP contribution in [0.1, 0.15) is 5.56 Å². The minimum absolute atomic E-state index is 0.189. The molecule has 1 saturated carbocycles. The third-order valence-electron chi connectivity index (χ3n) is 7.73. The lowest BCUT2D eigenvalue weighted by Gasteiger charge is -2.20. The number of piperidine rings is 1. The summed E-state index contributed by atoms with van der Waals surface area (Å²) in [6, 6.07) is 14.0. The molecule has 1 aliphatic heterocycles. The summed E-state index contributed by atoms with van der Waals surface area (Å²) in [7, 11) is 1.92. The molecule has 36 heavy (non-hydrogen) atoms. The third-order valence-corrected chi connectivity index (χ3v) is 8.14. The van der Waals surface area contributed by atoms with Gasteiger partial charge in [0.1, 0.15) is 11.5 Å². The van der Waals surface area contributed by atoms with Crippen molar-refractivity contribution in [3.05, 3.63) is 65.4 Å². The predicted molar refractivity (Wildman–Crippen MR) is 139 cm³/mol. The lowest BCUT2D eigenvalue weighted by Crippen LogP contribution is -2.26. The Morgan fingerprint density at radius 1 is 1.06 bits per heavy atom. The minimum atomic E-state index is -0.676. The maximum Gasteiger partial charge on any atom is 0.307 e. The molecule has 1 saturated heterocycles. The van der Waals surface area contributed by atoms with Crippen LogP contribution in [0.4, 0.5) is 5.82 Å². The van der Waals surface area contributed by atoms with Crippen molar-refractivity contribution < 1.29 is 9.90 Å². The monoisotopic (exact) mass is 498 g/mol. The highest BCUT2D eigenvalue weighted by atomic mass is 35.5. The molecule has 1 aliphatic carbocycles. The fourth-order valence-electron chi connectivity index (χ4n) is 5.87. The third kappa shape index (κ3) is 3.07. The van der Waals surface area contributed by atoms with Gasteiger partial charge in [-0.3, -0.25) is 9.48 Å². The highest BCUT2D eigenvalue weighted by Crippen LogP contribution is 2.52. The maximum absolute atomic E-state index is 11.3. The lowest BCUT2D eigenvalue weighted by atomic mass is 10.0. The molecule has 0 amide bonds. The molecule has 7 rings (SSSR count). The number of carboxylic acids is 1. The summed E-state index contributed by atoms with van der Waals surface area (Å²) in [5.41, 5.74) is 5.54. The van der Waals surface area contributed by atoms with Crippen LogP contribution < -0.4 is 4.90 Å². The SMILES string of the molecule is Cc1c(Cl)ccc2c(-c3cccc4nn(C)cc34)nn(-c3ccc(N4C[C@@H]5[C@H](C4)[C@@H]5C(=O)O)nc3)c12. The van der Waals surface area contributed by atoms with E-state index in [1.165, 1.54) is 0 Å². The van der Waals surface area contributed by atoms with Gasteiger partial charge in [0.2, 0.25) is 0 Å². The summed E-state index contributed by atoms with van der Waals surface area (Å²) < 4.78 is 3.73. The average molecular weight is 499 g/mol. The van der Waals surface area contributed by atoms with Crippen molar-refractivity contribution >= 4 is 45.2 Å². The highest BCUT2D eigenvalue weighted by molar-refractivity contribution is 6.32. The maximum atomic E-state index is 11.3. The van der Waals surface area contributed by atoms with Gasteiger partial charge in [0, 0.05) is 47.7 Å². The van der Waals surface area contributed by atoms with Crippen LogP contribution in [0, 0.1) is 24.7 Å². The van der Waals surface area contributed by atoms with Gasteiger partial charge in [-0.1, -0.05) is 23.7 Å². The van der Waals surface area contributed by atoms with Gasteiger partial charge in [-0.2, -0.15) is 10.2 Å². The number of hydrogen-bond donors (Lipinski definition) is 1. The van der Waals surface area contributed by atoms with Gasteiger partial charge in [0.05, 0.1) is 28.8 Å². The van der Waals surface area contributed by atoms with E-state index in [-0.39, 0.29) is 17.8 Å². The Morgan fingerprint density at radius 3 is 2.58 bits per heavy atom. The Morgan fingerprint density at radius 2 is 1.86 bits per heavy atom. The molecule has 0 bridgehead atoms. The number of hydrogen-bond acceptors (Lipinski definition) is 5. The smallest absolute Gasteiger partial charge is 0.307 e. The normalized spacial score (nSPS) is 20.9. The molecule has 1 N–H and O–H groups in total. The van der Waals surface area contributed by atoms with E-state index in [2.05, 4.69) is 16.1 Å². The molecule has 3 atom stereocenters. The molecule has 2 fully saturated rings. The minimum Gasteiger partial charge on any atom is -0.481 e. The second kappa shape index (κ2) is 7.54. The van der Waals surface area contributed by atoms with Crippen molar-refractivity contribution in [2.45, 2.75) is 6.92 Å². The van der Waals surface area contributed by atoms with Gasteiger partial charge in [-0.05, 0) is 54.7 Å². The van der Waals surface area contributed by atoms with Gasteiger partial charge < -0.3 is 10.0 Å². The first-order valence-corrected chi connectivity index (χ1v) is 12.3. The van der Waals surface area contributed by atoms with E-state index >= 15 is 0 Å². The summed E-state index contributed by atoms with van der Waals surface area (Å²) in [6.07, 6.45) is 3.85. The molecule has 8 nitrogen and oxygen atoms in total. The fourth-order valence-corrected chi connectivity index (χ4v) is 6.02. The van der Waals surface area contributed by atoms with Crippen LogP contribution in [0.25, 0.3) is 38.8 Å². The summed E-state index contributed by atoms with van der Waals surface area (Å²) in [6.45, 7) is 3.49. The van der Waals surface area contributed by atoms with Crippen LogP contribution in [0.2, 0.25) is 5.02 Å². The van der Waals surface area contributed by atoms with Gasteiger partial charge in [-0.15, -0.1) is 0 Å². The van der Waals surface area contributed by atoms with E-state index in [1.54, 1.807) is 0 Å². The second-order valence-corrected chi connectivity index (χ2v) is 10.2. The number of aromatic nitrogens is 5. The zero-order valence-electron chi connectivity index (χ0n) is 19.8. The van der Waals surface area contributed by atoms with Crippen LogP contribution in [-0.2, 0) is 11.8 Å². The summed E-state index contributed by atoms with van der Waals surface area (Å²) in [4.78, 5) is 18.2. The van der Waals surface area contributed by atoms with Crippen LogP contribution >= 0.6 is 11.6 Å². The number of rotatable bonds is 4. The van der Waals surface area contributed by atoms with Crippen molar-refractivity contribution in [1.29, 1.82) is 0 Å². The van der Waals surface area contributed by atoms with Crippen molar-refractivity contribution in [1.82, 2.24) is 24.5 Å². The Bertz CT molecular complexity index is 1680. The van der Waals surface area contributed by atoms with E-state index in [1.807, 2.05) is 72.1 Å². The second-order valence-electron chi connectivity index (χ2n) is 9.84. The van der Waals surface area contributed by atoms with Crippen molar-refractivity contribution in [3.8, 4) is 16.9 Å². The van der Waals surface area contributed by atoms with Crippen LogP contribution in [0.3, 0.4) is 0 Å². The van der Waals surface area contributed by atoms with Crippen LogP contribution in [0.15, 0.2) is 54.9 Å². The topological polar surface area (TPSA) is 89.1 Å². The van der Waals surface area contributed by atoms with Gasteiger partial charge >= 0.3 is 5.97 Å². The van der Waals surface area contributed by atoms with Crippen molar-refractivity contribution in [3.63, 3.8) is 0 Å². The van der Waals surface area contributed by atoms with E-state index in [0.29, 0.717) is 5.02 Å². The van der Waals surface area contributed by atoms with E-state index < -0.39 is 5.97 Å². The van der Waals surface area contributed by atoms with Gasteiger partial charge in [0.25, 0.3) is 0 Å². The summed E-state index contributed by atoms with van der Waals surface area (Å²) in [5, 5.41) is 21.7. The van der Waals surface area contributed by atoms with Crippen LogP contribution in [0.5, 0.6) is 0 Å². The molecule has 0 unspecified atom stereocenters. The first-order valence-electron chi connectivity index (χ1n) is 12.0. The Kier molecular flexibility index (Phi) is 4.48. The van der Waals surface area contributed by atoms with Crippen molar-refractivity contribution in [2.24, 2.45) is 24.8 Å². The van der Waals surface area contributed by atoms with Gasteiger partial charge in [0.15, 0.2) is 0 Å².